The monoisotopic (exact) mass is 1690 g/mol. The predicted octanol–water partition coefficient (Wildman–Crippen LogP) is -9.60. The van der Waals surface area contributed by atoms with E-state index in [1.165, 1.54) is 0 Å². The Kier molecular flexibility index (Phi) is 50.5. The lowest BCUT2D eigenvalue weighted by Gasteiger charge is -2.29. The maximum absolute atomic E-state index is 14.8. The third-order valence-corrected chi connectivity index (χ3v) is 17.0. The van der Waals surface area contributed by atoms with Crippen molar-refractivity contribution >= 4 is 125 Å². The van der Waals surface area contributed by atoms with Crippen LogP contribution in [0.5, 0.6) is 0 Å². The highest BCUT2D eigenvalue weighted by Crippen LogP contribution is 2.16. The third kappa shape index (κ3) is 46.5. The van der Waals surface area contributed by atoms with E-state index < -0.39 is 261 Å². The number of nitrogens with zero attached hydrogens (tertiary/aromatic N) is 4. The number of hydrogen-bond acceptors (Lipinski definition) is 24. The summed E-state index contributed by atoms with van der Waals surface area (Å²) in [5.41, 5.74) is 49.9. The zero-order valence-corrected chi connectivity index (χ0v) is 67.3. The van der Waals surface area contributed by atoms with Gasteiger partial charge in [-0.3, -0.25) is 96.7 Å². The van der Waals surface area contributed by atoms with E-state index in [4.69, 9.17) is 56.7 Å². The van der Waals surface area contributed by atoms with Crippen LogP contribution in [-0.4, -0.2) is 278 Å². The zero-order chi connectivity index (χ0) is 90.2. The van der Waals surface area contributed by atoms with E-state index in [0.717, 1.165) is 6.92 Å². The van der Waals surface area contributed by atoms with Crippen molar-refractivity contribution in [1.29, 1.82) is 0 Å². The van der Waals surface area contributed by atoms with Gasteiger partial charge in [0, 0.05) is 51.9 Å². The average molecular weight is 1690 g/mol. The van der Waals surface area contributed by atoms with Crippen molar-refractivity contribution in [3.8, 4) is 0 Å². The summed E-state index contributed by atoms with van der Waals surface area (Å²) >= 11 is 0. The lowest BCUT2D eigenvalue weighted by Crippen LogP contribution is -2.61. The second kappa shape index (κ2) is 56.3. The number of nitrogens with one attached hydrogen (secondary N) is 12. The Morgan fingerprint density at radius 1 is 0.280 bits per heavy atom. The van der Waals surface area contributed by atoms with Crippen molar-refractivity contribution in [1.82, 2.24) is 63.8 Å². The van der Waals surface area contributed by atoms with E-state index >= 15 is 0 Å². The van der Waals surface area contributed by atoms with Gasteiger partial charge in [0.1, 0.15) is 78.5 Å². The van der Waals surface area contributed by atoms with Crippen LogP contribution in [-0.2, 0) is 81.5 Å². The van der Waals surface area contributed by atoms with Gasteiger partial charge in [-0.05, 0) is 121 Å². The van der Waals surface area contributed by atoms with Gasteiger partial charge >= 0.3 is 29.8 Å². The molecule has 0 heterocycles. The first-order valence-electron chi connectivity index (χ1n) is 38.1. The minimum Gasteiger partial charge on any atom is -0.481 e. The smallest absolute Gasteiger partial charge is 0.326 e. The van der Waals surface area contributed by atoms with Crippen molar-refractivity contribution < 1.29 is 117 Å². The molecule has 0 rings (SSSR count). The fourth-order valence-corrected chi connectivity index (χ4v) is 11.1. The highest BCUT2D eigenvalue weighted by molar-refractivity contribution is 6.00. The molecule has 0 fully saturated rings. The molecule has 12 amide bonds. The Labute approximate surface area is 680 Å². The molecule has 14 unspecified atom stereocenters. The van der Waals surface area contributed by atoms with Crippen LogP contribution in [0.2, 0.25) is 0 Å². The van der Waals surface area contributed by atoms with Crippen molar-refractivity contribution in [3.63, 3.8) is 0 Å². The number of aliphatic imine (C=N–C) groups is 4. The van der Waals surface area contributed by atoms with E-state index in [1.54, 1.807) is 41.5 Å². The Bertz CT molecular complexity index is 3490. The number of carboxylic acid groups (broad SMARTS) is 5. The number of aliphatic hydroxyl groups excluding tert-OH is 2. The molecule has 0 spiro atoms. The van der Waals surface area contributed by atoms with Gasteiger partial charge in [0.2, 0.25) is 70.9 Å². The second-order valence-corrected chi connectivity index (χ2v) is 28.9. The summed E-state index contributed by atoms with van der Waals surface area (Å²) in [6.45, 7) is 9.61. The molecule has 0 radical (unpaired) electrons. The number of guanidine groups is 4. The van der Waals surface area contributed by atoms with E-state index in [1.807, 2.05) is 0 Å². The SMILES string of the molecule is CC(C)CC(NC(=O)C(CCCN=C(N)N)NC(=O)C(N)CO)C(=O)NC(CCC(=O)O)C(=O)NC(CCC(=O)O)C(=O)NC(CCC(=O)O)C(=O)NC(CC(C)C)C(=O)NC(CCCN=C(N)N)C(=O)NC(CCCN=C(N)N)C(=O)NC(CCCN=C(N)N)C(=O)NC(CC(C)C)C(=O)NC(C(=O)NC(CCC(=O)O)C(=O)O)C(C)O. The van der Waals surface area contributed by atoms with Crippen LogP contribution >= 0.6 is 0 Å². The van der Waals surface area contributed by atoms with Crippen molar-refractivity contribution in [3.05, 3.63) is 0 Å². The van der Waals surface area contributed by atoms with E-state index in [0.29, 0.717) is 0 Å². The number of amides is 12. The second-order valence-electron chi connectivity index (χ2n) is 28.9. The number of carboxylic acids is 5. The number of carbonyl (C=O) groups is 17. The van der Waals surface area contributed by atoms with Crippen LogP contribution < -0.4 is 115 Å². The molecule has 118 heavy (non-hydrogen) atoms. The molecule has 0 aliphatic heterocycles. The largest absolute Gasteiger partial charge is 0.481 e. The van der Waals surface area contributed by atoms with Crippen LogP contribution in [0.1, 0.15) is 170 Å². The quantitative estimate of drug-likeness (QED) is 0.0153. The van der Waals surface area contributed by atoms with Crippen molar-refractivity contribution in [2.75, 3.05) is 32.8 Å². The van der Waals surface area contributed by atoms with Gasteiger partial charge in [-0.15, -0.1) is 0 Å². The van der Waals surface area contributed by atoms with Crippen LogP contribution in [0.3, 0.4) is 0 Å². The van der Waals surface area contributed by atoms with Crippen LogP contribution in [0.15, 0.2) is 20.0 Å². The standard InChI is InChI=1S/C69H123N25O24/c1-32(2)28-45(92-60(112)43(18-22-50(101)102)88-58(110)41(16-20-48(97)98)87-59(111)42(17-21-49(99)100)89-62(114)46(29-33(3)4)91-56(108)37(12-8-24-79-66(71)72)83-53(105)36(70)31-95)61(113)86-39(14-10-26-81-68(75)76)55(107)84-38(13-9-25-80-67(73)74)54(106)85-40(15-11-27-82-69(77)78)57(109)93-47(30-34(5)6)63(115)94-52(35(7)96)64(116)90-44(65(117)118)19-23-51(103)104/h32-47,52,95-96H,8-31,70H2,1-7H3,(H,83,105)(H,84,107)(H,85,106)(H,86,113)(H,87,111)(H,88,110)(H,89,114)(H,90,116)(H,91,108)(H,92,112)(H,93,109)(H,94,115)(H,97,98)(H,99,100)(H,101,102)(H,103,104)(H,117,118)(H4,71,72,79)(H4,73,74,80)(H4,75,76,81)(H4,77,78,82). The molecule has 0 aromatic carbocycles. The number of aliphatic carboxylic acids is 5. The molecule has 0 saturated carbocycles. The topological polar surface area (TPSA) is 860 Å². The number of nitrogens with two attached hydrogens (primary N) is 9. The zero-order valence-electron chi connectivity index (χ0n) is 67.3. The van der Waals surface area contributed by atoms with Crippen LogP contribution in [0, 0.1) is 17.8 Å². The summed E-state index contributed by atoms with van der Waals surface area (Å²) in [5, 5.41) is 97.1. The molecular weight excluding hydrogens is 1560 g/mol. The molecule has 0 bridgehead atoms. The molecular formula is C69H123N25O24. The third-order valence-electron chi connectivity index (χ3n) is 17.0. The molecule has 49 nitrogen and oxygen atoms in total. The van der Waals surface area contributed by atoms with E-state index in [2.05, 4.69) is 83.8 Å². The van der Waals surface area contributed by atoms with Gasteiger partial charge in [0.15, 0.2) is 23.8 Å². The summed E-state index contributed by atoms with van der Waals surface area (Å²) in [7, 11) is 0. The minimum absolute atomic E-state index is 0.0183. The lowest BCUT2D eigenvalue weighted by molar-refractivity contribution is -0.144. The molecule has 0 aliphatic rings. The maximum atomic E-state index is 14.8. The molecule has 49 heteroatoms. The number of rotatable bonds is 61. The summed E-state index contributed by atoms with van der Waals surface area (Å²) in [5.74, 6) is -23.8. The van der Waals surface area contributed by atoms with E-state index in [9.17, 15) is 112 Å². The number of aliphatic hydroxyl groups is 2. The summed E-state index contributed by atoms with van der Waals surface area (Å²) in [4.78, 5) is 246. The van der Waals surface area contributed by atoms with Gasteiger partial charge in [0.05, 0.1) is 12.7 Å². The maximum Gasteiger partial charge on any atom is 0.326 e. The van der Waals surface area contributed by atoms with Crippen LogP contribution in [0.4, 0.5) is 0 Å². The van der Waals surface area contributed by atoms with Crippen LogP contribution in [0.25, 0.3) is 0 Å². The van der Waals surface area contributed by atoms with Crippen molar-refractivity contribution in [2.45, 2.75) is 255 Å². The lowest BCUT2D eigenvalue weighted by atomic mass is 10.00. The number of carbonyl (C=O) groups excluding carboxylic acids is 12. The predicted molar refractivity (Wildman–Crippen MR) is 423 cm³/mol. The fourth-order valence-electron chi connectivity index (χ4n) is 11.1. The van der Waals surface area contributed by atoms with Gasteiger partial charge in [-0.25, -0.2) is 4.79 Å². The first kappa shape index (κ1) is 106. The fraction of sp³-hybridized carbons (Fsp3) is 0.696. The molecule has 0 aliphatic carbocycles. The summed E-state index contributed by atoms with van der Waals surface area (Å²) in [6, 6.07) is -22.1. The summed E-state index contributed by atoms with van der Waals surface area (Å²) in [6.07, 6.45) is -9.54. The molecule has 0 saturated heterocycles. The van der Waals surface area contributed by atoms with Gasteiger partial charge in [-0.2, -0.15) is 0 Å². The molecule has 37 N–H and O–H groups in total. The normalized spacial score (nSPS) is 14.6. The van der Waals surface area contributed by atoms with Gasteiger partial charge in [0.25, 0.3) is 0 Å². The first-order valence-corrected chi connectivity index (χ1v) is 38.1. The average Bonchev–Trinajstić information content (AvgIpc) is 0.857. The molecule has 668 valence electrons. The van der Waals surface area contributed by atoms with Gasteiger partial charge in [-0.1, -0.05) is 41.5 Å². The number of hydrogen-bond donors (Lipinski definition) is 28. The Morgan fingerprint density at radius 2 is 0.475 bits per heavy atom. The highest BCUT2D eigenvalue weighted by atomic mass is 16.4. The van der Waals surface area contributed by atoms with E-state index in [-0.39, 0.29) is 121 Å². The minimum atomic E-state index is -1.99. The molecule has 0 aromatic heterocycles. The Hall–Kier alpha value is -12.0. The first-order chi connectivity index (χ1) is 55.1. The van der Waals surface area contributed by atoms with Gasteiger partial charge < -0.3 is 151 Å². The Morgan fingerprint density at radius 3 is 0.678 bits per heavy atom. The molecule has 0 aromatic rings. The van der Waals surface area contributed by atoms with Crippen molar-refractivity contribution in [2.24, 2.45) is 89.3 Å². The highest BCUT2D eigenvalue weighted by Gasteiger charge is 2.39. The Balaban J connectivity index is 7.77. The summed E-state index contributed by atoms with van der Waals surface area (Å²) < 4.78 is 0. The molecule has 14 atom stereocenters.